The number of nitrogens with zero attached hydrogens (tertiary/aromatic N) is 3. The molecule has 1 N–H and O–H groups in total. The molecule has 0 atom stereocenters. The molecule has 2 fully saturated rings. The molecule has 0 saturated heterocycles. The summed E-state index contributed by atoms with van der Waals surface area (Å²) >= 11 is 0. The Morgan fingerprint density at radius 2 is 1.48 bits per heavy atom. The van der Waals surface area contributed by atoms with E-state index < -0.39 is 0 Å². The lowest BCUT2D eigenvalue weighted by Crippen LogP contribution is -2.50. The van der Waals surface area contributed by atoms with Gasteiger partial charge >= 0.3 is 0 Å². The molecule has 0 radical (unpaired) electrons. The van der Waals surface area contributed by atoms with Crippen LogP contribution in [0, 0.1) is 0 Å². The van der Waals surface area contributed by atoms with Gasteiger partial charge in [0.2, 0.25) is 11.7 Å². The number of para-hydroxylation sites is 2. The van der Waals surface area contributed by atoms with Crippen LogP contribution in [0.15, 0.2) is 36.4 Å². The van der Waals surface area contributed by atoms with Crippen LogP contribution in [0.4, 0.5) is 0 Å². The Bertz CT molecular complexity index is 1330. The van der Waals surface area contributed by atoms with Gasteiger partial charge in [0, 0.05) is 30.6 Å². The van der Waals surface area contributed by atoms with Crippen molar-refractivity contribution in [2.75, 3.05) is 27.9 Å². The normalized spacial score (nSPS) is 16.3. The highest BCUT2D eigenvalue weighted by atomic mass is 16.5. The van der Waals surface area contributed by atoms with Crippen molar-refractivity contribution in [3.05, 3.63) is 47.8 Å². The number of fused-ring (bicyclic) bond motifs is 1. The summed E-state index contributed by atoms with van der Waals surface area (Å²) in [5, 5.41) is 3.00. The van der Waals surface area contributed by atoms with E-state index in [1.165, 1.54) is 59.9 Å². The summed E-state index contributed by atoms with van der Waals surface area (Å²) in [7, 11) is 4.57. The maximum absolute atomic E-state index is 14.1. The fourth-order valence-corrected chi connectivity index (χ4v) is 6.74. The van der Waals surface area contributed by atoms with Crippen LogP contribution < -0.4 is 19.5 Å². The predicted molar refractivity (Wildman–Crippen MR) is 162 cm³/mol. The van der Waals surface area contributed by atoms with Crippen molar-refractivity contribution >= 4 is 22.8 Å². The Morgan fingerprint density at radius 1 is 0.881 bits per heavy atom. The number of carbonyl (C=O) groups excluding carboxylic acids is 2. The second-order valence-corrected chi connectivity index (χ2v) is 11.4. The fourth-order valence-electron chi connectivity index (χ4n) is 6.74. The number of methoxy groups -OCH3 is 3. The standard InChI is InChI=1S/C33H44N4O5/c1-40-28-20-23(21-29(41-2)32(28)42-3)33(39)34-19-18-30-35-26-16-10-11-17-27(26)36(30)22-31(38)37(24-12-6-4-7-13-24)25-14-8-5-9-15-25/h10-11,16-17,20-21,24-25H,4-9,12-15,18-19,22H2,1-3H3,(H,34,39). The topological polar surface area (TPSA) is 94.9 Å². The lowest BCUT2D eigenvalue weighted by Gasteiger charge is -2.42. The molecular weight excluding hydrogens is 532 g/mol. The second-order valence-electron chi connectivity index (χ2n) is 11.4. The van der Waals surface area contributed by atoms with Crippen molar-refractivity contribution in [2.45, 2.75) is 89.3 Å². The highest BCUT2D eigenvalue weighted by Gasteiger charge is 2.33. The molecule has 0 aliphatic heterocycles. The molecule has 226 valence electrons. The van der Waals surface area contributed by atoms with Gasteiger partial charge in [-0.1, -0.05) is 50.7 Å². The number of hydrogen-bond donors (Lipinski definition) is 1. The quantitative estimate of drug-likeness (QED) is 0.323. The first-order chi connectivity index (χ1) is 20.5. The minimum absolute atomic E-state index is 0.194. The summed E-state index contributed by atoms with van der Waals surface area (Å²) < 4.78 is 18.2. The van der Waals surface area contributed by atoms with Crippen LogP contribution in [0.1, 0.15) is 80.4 Å². The average molecular weight is 577 g/mol. The summed E-state index contributed by atoms with van der Waals surface area (Å²) in [6.07, 6.45) is 12.2. The molecule has 0 unspecified atom stereocenters. The molecule has 2 amide bonds. The Hall–Kier alpha value is -3.75. The molecule has 1 aromatic heterocycles. The first kappa shape index (κ1) is 29.7. The van der Waals surface area contributed by atoms with Crippen molar-refractivity contribution in [1.82, 2.24) is 19.8 Å². The maximum atomic E-state index is 14.1. The van der Waals surface area contributed by atoms with Crippen molar-refractivity contribution in [2.24, 2.45) is 0 Å². The van der Waals surface area contributed by atoms with E-state index in [1.807, 2.05) is 24.3 Å². The number of ether oxygens (including phenoxy) is 3. The SMILES string of the molecule is COc1cc(C(=O)NCCc2nc3ccccc3n2CC(=O)N(C2CCCCC2)C2CCCCC2)cc(OC)c1OC. The van der Waals surface area contributed by atoms with Crippen molar-refractivity contribution in [3.8, 4) is 17.2 Å². The van der Waals surface area contributed by atoms with Crippen LogP contribution in [0.5, 0.6) is 17.2 Å². The smallest absolute Gasteiger partial charge is 0.251 e. The number of aromatic nitrogens is 2. The van der Waals surface area contributed by atoms with Crippen LogP contribution in [0.3, 0.4) is 0 Å². The minimum atomic E-state index is -0.256. The van der Waals surface area contributed by atoms with Gasteiger partial charge in [0.25, 0.3) is 5.91 Å². The fraction of sp³-hybridized carbons (Fsp3) is 0.545. The van der Waals surface area contributed by atoms with E-state index in [4.69, 9.17) is 19.2 Å². The molecule has 0 spiro atoms. The first-order valence-corrected chi connectivity index (χ1v) is 15.4. The van der Waals surface area contributed by atoms with Gasteiger partial charge in [-0.05, 0) is 49.9 Å². The van der Waals surface area contributed by atoms with Gasteiger partial charge in [0.15, 0.2) is 11.5 Å². The summed E-state index contributed by atoms with van der Waals surface area (Å²) in [6.45, 7) is 0.631. The largest absolute Gasteiger partial charge is 0.493 e. The van der Waals surface area contributed by atoms with Crippen molar-refractivity contribution in [3.63, 3.8) is 0 Å². The Labute approximate surface area is 248 Å². The van der Waals surface area contributed by atoms with Gasteiger partial charge in [-0.3, -0.25) is 9.59 Å². The maximum Gasteiger partial charge on any atom is 0.251 e. The highest BCUT2D eigenvalue weighted by molar-refractivity contribution is 5.95. The number of rotatable bonds is 11. The Balaban J connectivity index is 1.33. The van der Waals surface area contributed by atoms with Crippen LogP contribution in [0.25, 0.3) is 11.0 Å². The van der Waals surface area contributed by atoms with E-state index in [0.717, 1.165) is 42.5 Å². The molecule has 2 aliphatic carbocycles. The summed E-state index contributed by atoms with van der Waals surface area (Å²) in [4.78, 5) is 34.4. The lowest BCUT2D eigenvalue weighted by atomic mass is 9.88. The Kier molecular flexibility index (Phi) is 9.87. The number of nitrogens with one attached hydrogen (secondary N) is 1. The first-order valence-electron chi connectivity index (χ1n) is 15.4. The van der Waals surface area contributed by atoms with E-state index in [1.54, 1.807) is 12.1 Å². The molecular formula is C33H44N4O5. The molecule has 2 aliphatic rings. The molecule has 1 heterocycles. The van der Waals surface area contributed by atoms with Crippen molar-refractivity contribution in [1.29, 1.82) is 0 Å². The average Bonchev–Trinajstić information content (AvgIpc) is 3.38. The Morgan fingerprint density at radius 3 is 2.05 bits per heavy atom. The molecule has 2 saturated carbocycles. The van der Waals surface area contributed by atoms with Gasteiger partial charge in [0.05, 0.1) is 32.4 Å². The van der Waals surface area contributed by atoms with E-state index in [-0.39, 0.29) is 18.4 Å². The van der Waals surface area contributed by atoms with E-state index in [9.17, 15) is 9.59 Å². The van der Waals surface area contributed by atoms with Gasteiger partial charge in [-0.15, -0.1) is 0 Å². The second kappa shape index (κ2) is 13.9. The molecule has 2 aromatic carbocycles. The summed E-state index contributed by atoms with van der Waals surface area (Å²) in [5.74, 6) is 2.01. The zero-order valence-electron chi connectivity index (χ0n) is 25.2. The van der Waals surface area contributed by atoms with Crippen LogP contribution in [0.2, 0.25) is 0 Å². The molecule has 3 aromatic rings. The summed E-state index contributed by atoms with van der Waals surface area (Å²) in [6, 6.07) is 11.9. The van der Waals surface area contributed by atoms with Gasteiger partial charge in [-0.25, -0.2) is 4.98 Å². The molecule has 5 rings (SSSR count). The van der Waals surface area contributed by atoms with E-state index in [0.29, 0.717) is 47.9 Å². The van der Waals surface area contributed by atoms with E-state index >= 15 is 0 Å². The third kappa shape index (κ3) is 6.50. The monoisotopic (exact) mass is 576 g/mol. The highest BCUT2D eigenvalue weighted by Crippen LogP contribution is 2.38. The van der Waals surface area contributed by atoms with Gasteiger partial charge in [-0.2, -0.15) is 0 Å². The molecule has 9 nitrogen and oxygen atoms in total. The van der Waals surface area contributed by atoms with Gasteiger partial charge < -0.3 is 29.0 Å². The number of hydrogen-bond acceptors (Lipinski definition) is 6. The van der Waals surface area contributed by atoms with Crippen LogP contribution >= 0.6 is 0 Å². The van der Waals surface area contributed by atoms with E-state index in [2.05, 4.69) is 14.8 Å². The minimum Gasteiger partial charge on any atom is -0.493 e. The molecule has 0 bridgehead atoms. The van der Waals surface area contributed by atoms with Crippen LogP contribution in [-0.4, -0.2) is 66.2 Å². The number of benzene rings is 2. The number of carbonyl (C=O) groups is 2. The zero-order valence-corrected chi connectivity index (χ0v) is 25.2. The van der Waals surface area contributed by atoms with Crippen LogP contribution in [-0.2, 0) is 17.8 Å². The molecule has 9 heteroatoms. The zero-order chi connectivity index (χ0) is 29.5. The number of amides is 2. The summed E-state index contributed by atoms with van der Waals surface area (Å²) in [5.41, 5.74) is 2.21. The lowest BCUT2D eigenvalue weighted by molar-refractivity contribution is -0.138. The third-order valence-corrected chi connectivity index (χ3v) is 8.81. The van der Waals surface area contributed by atoms with Crippen molar-refractivity contribution < 1.29 is 23.8 Å². The third-order valence-electron chi connectivity index (χ3n) is 8.81. The number of imidazole rings is 1. The predicted octanol–water partition coefficient (Wildman–Crippen LogP) is 5.53. The van der Waals surface area contributed by atoms with Gasteiger partial charge in [0.1, 0.15) is 12.4 Å². The molecule has 42 heavy (non-hydrogen) atoms.